The highest BCUT2D eigenvalue weighted by Gasteiger charge is 2.09. The number of nitrogens with one attached hydrogen (secondary N) is 2. The minimum Gasteiger partial charge on any atom is -0.490 e. The Morgan fingerprint density at radius 2 is 1.92 bits per heavy atom. The molecule has 0 aliphatic carbocycles. The Morgan fingerprint density at radius 3 is 2.56 bits per heavy atom. The molecule has 0 saturated heterocycles. The predicted molar refractivity (Wildman–Crippen MR) is 97.0 cm³/mol. The Morgan fingerprint density at radius 1 is 1.16 bits per heavy atom. The number of carbonyl (C=O) groups excluding carboxylic acids is 2. The van der Waals surface area contributed by atoms with Crippen molar-refractivity contribution in [2.45, 2.75) is 46.6 Å². The summed E-state index contributed by atoms with van der Waals surface area (Å²) >= 11 is 0. The van der Waals surface area contributed by atoms with E-state index in [0.717, 1.165) is 12.0 Å². The zero-order valence-electron chi connectivity index (χ0n) is 15.3. The van der Waals surface area contributed by atoms with E-state index < -0.39 is 5.91 Å². The van der Waals surface area contributed by atoms with Crippen molar-refractivity contribution >= 4 is 18.0 Å². The van der Waals surface area contributed by atoms with Gasteiger partial charge in [0.05, 0.1) is 19.4 Å². The summed E-state index contributed by atoms with van der Waals surface area (Å²) in [5.41, 5.74) is 3.08. The zero-order chi connectivity index (χ0) is 18.7. The highest BCUT2D eigenvalue weighted by Crippen LogP contribution is 2.28. The molecule has 0 atom stereocenters. The van der Waals surface area contributed by atoms with E-state index in [1.54, 1.807) is 12.1 Å². The van der Waals surface area contributed by atoms with Gasteiger partial charge in [-0.2, -0.15) is 5.10 Å². The molecule has 2 N–H and O–H groups in total. The summed E-state index contributed by atoms with van der Waals surface area (Å²) in [6, 6.07) is 5.40. The topological polar surface area (TPSA) is 89.0 Å². The van der Waals surface area contributed by atoms with Gasteiger partial charge >= 0.3 is 0 Å². The van der Waals surface area contributed by atoms with Crippen LogP contribution < -0.4 is 20.2 Å². The number of hydrogen-bond acceptors (Lipinski definition) is 5. The van der Waals surface area contributed by atoms with Gasteiger partial charge in [0, 0.05) is 6.04 Å². The molecule has 0 fully saturated rings. The van der Waals surface area contributed by atoms with Gasteiger partial charge in [-0.1, -0.05) is 6.92 Å². The standard InChI is InChI=1S/C18H27N3O4/c1-5-9-25-15-8-7-14(10-16(15)24-6-2)12-19-21-18(23)11-17(22)20-13(3)4/h7-8,10,12-13H,5-6,9,11H2,1-4H3,(H,20,22)(H,21,23). The van der Waals surface area contributed by atoms with Gasteiger partial charge in [0.15, 0.2) is 11.5 Å². The lowest BCUT2D eigenvalue weighted by Crippen LogP contribution is -2.34. The maximum atomic E-state index is 11.6. The van der Waals surface area contributed by atoms with Gasteiger partial charge in [0.1, 0.15) is 6.42 Å². The summed E-state index contributed by atoms with van der Waals surface area (Å²) in [5, 5.41) is 6.51. The van der Waals surface area contributed by atoms with Gasteiger partial charge in [0.2, 0.25) is 11.8 Å². The van der Waals surface area contributed by atoms with Crippen LogP contribution in [0.3, 0.4) is 0 Å². The van der Waals surface area contributed by atoms with Crippen molar-refractivity contribution < 1.29 is 19.1 Å². The number of rotatable bonds is 10. The van der Waals surface area contributed by atoms with E-state index in [9.17, 15) is 9.59 Å². The first-order valence-electron chi connectivity index (χ1n) is 8.47. The van der Waals surface area contributed by atoms with Crippen molar-refractivity contribution in [3.05, 3.63) is 23.8 Å². The lowest BCUT2D eigenvalue weighted by atomic mass is 10.2. The molecule has 138 valence electrons. The maximum absolute atomic E-state index is 11.6. The zero-order valence-corrected chi connectivity index (χ0v) is 15.3. The maximum Gasteiger partial charge on any atom is 0.249 e. The molecule has 1 aromatic carbocycles. The second kappa shape index (κ2) is 11.1. The van der Waals surface area contributed by atoms with Crippen LogP contribution in [0.1, 0.15) is 46.1 Å². The fourth-order valence-corrected chi connectivity index (χ4v) is 1.94. The normalized spacial score (nSPS) is 10.8. The first-order valence-corrected chi connectivity index (χ1v) is 8.47. The van der Waals surface area contributed by atoms with E-state index in [1.165, 1.54) is 6.21 Å². The molecular weight excluding hydrogens is 322 g/mol. The Bertz CT molecular complexity index is 600. The molecule has 0 heterocycles. The van der Waals surface area contributed by atoms with Crippen LogP contribution in [-0.2, 0) is 9.59 Å². The molecule has 25 heavy (non-hydrogen) atoms. The van der Waals surface area contributed by atoms with Crippen LogP contribution in [0, 0.1) is 0 Å². The van der Waals surface area contributed by atoms with Gasteiger partial charge in [-0.25, -0.2) is 5.43 Å². The van der Waals surface area contributed by atoms with Crippen LogP contribution >= 0.6 is 0 Å². The largest absolute Gasteiger partial charge is 0.490 e. The third-order valence-corrected chi connectivity index (χ3v) is 2.90. The lowest BCUT2D eigenvalue weighted by Gasteiger charge is -2.11. The van der Waals surface area contributed by atoms with Crippen molar-refractivity contribution in [3.8, 4) is 11.5 Å². The number of hydrogen-bond donors (Lipinski definition) is 2. The molecule has 1 aromatic rings. The van der Waals surface area contributed by atoms with E-state index in [0.29, 0.717) is 24.7 Å². The molecule has 0 saturated carbocycles. The number of carbonyl (C=O) groups is 2. The fraction of sp³-hybridized carbons (Fsp3) is 0.500. The molecule has 0 aliphatic rings. The van der Waals surface area contributed by atoms with Crippen LogP contribution in [0.2, 0.25) is 0 Å². The predicted octanol–water partition coefficient (Wildman–Crippen LogP) is 2.24. The van der Waals surface area contributed by atoms with E-state index in [4.69, 9.17) is 9.47 Å². The minimum absolute atomic E-state index is 0.00534. The summed E-state index contributed by atoms with van der Waals surface area (Å²) < 4.78 is 11.2. The lowest BCUT2D eigenvalue weighted by molar-refractivity contribution is -0.129. The highest BCUT2D eigenvalue weighted by atomic mass is 16.5. The van der Waals surface area contributed by atoms with Gasteiger partial charge in [0.25, 0.3) is 0 Å². The molecule has 0 spiro atoms. The summed E-state index contributed by atoms with van der Waals surface area (Å²) in [6.45, 7) is 8.72. The Labute approximate surface area is 148 Å². The van der Waals surface area contributed by atoms with Crippen LogP contribution in [0.25, 0.3) is 0 Å². The van der Waals surface area contributed by atoms with Gasteiger partial charge < -0.3 is 14.8 Å². The van der Waals surface area contributed by atoms with E-state index in [1.807, 2.05) is 33.8 Å². The molecule has 0 radical (unpaired) electrons. The molecule has 7 heteroatoms. The quantitative estimate of drug-likeness (QED) is 0.385. The summed E-state index contributed by atoms with van der Waals surface area (Å²) in [5.74, 6) is 0.499. The van der Waals surface area contributed by atoms with Gasteiger partial charge in [-0.15, -0.1) is 0 Å². The summed E-state index contributed by atoms with van der Waals surface area (Å²) in [4.78, 5) is 23.1. The second-order valence-electron chi connectivity index (χ2n) is 5.68. The number of benzene rings is 1. The average Bonchev–Trinajstić information content (AvgIpc) is 2.53. The number of amides is 2. The minimum atomic E-state index is -0.470. The van der Waals surface area contributed by atoms with Crippen LogP contribution in [0.4, 0.5) is 0 Å². The van der Waals surface area contributed by atoms with Crippen LogP contribution in [-0.4, -0.2) is 37.3 Å². The van der Waals surface area contributed by atoms with Gasteiger partial charge in [-0.05, 0) is 51.0 Å². The highest BCUT2D eigenvalue weighted by molar-refractivity contribution is 5.97. The molecular formula is C18H27N3O4. The number of nitrogens with zero attached hydrogens (tertiary/aromatic N) is 1. The van der Waals surface area contributed by atoms with E-state index in [-0.39, 0.29) is 18.4 Å². The summed E-state index contributed by atoms with van der Waals surface area (Å²) in [6.07, 6.45) is 2.14. The van der Waals surface area contributed by atoms with Crippen molar-refractivity contribution in [3.63, 3.8) is 0 Å². The van der Waals surface area contributed by atoms with Crippen LogP contribution in [0.15, 0.2) is 23.3 Å². The number of hydrazone groups is 1. The molecule has 2 amide bonds. The summed E-state index contributed by atoms with van der Waals surface area (Å²) in [7, 11) is 0. The average molecular weight is 349 g/mol. The van der Waals surface area contributed by atoms with Crippen molar-refractivity contribution in [2.24, 2.45) is 5.10 Å². The molecule has 7 nitrogen and oxygen atoms in total. The Balaban J connectivity index is 2.62. The smallest absolute Gasteiger partial charge is 0.249 e. The third kappa shape index (κ3) is 8.19. The third-order valence-electron chi connectivity index (χ3n) is 2.90. The van der Waals surface area contributed by atoms with Gasteiger partial charge in [-0.3, -0.25) is 9.59 Å². The molecule has 1 rings (SSSR count). The van der Waals surface area contributed by atoms with E-state index in [2.05, 4.69) is 15.8 Å². The van der Waals surface area contributed by atoms with E-state index >= 15 is 0 Å². The monoisotopic (exact) mass is 349 g/mol. The molecule has 0 aliphatic heterocycles. The number of ether oxygens (including phenoxy) is 2. The van der Waals surface area contributed by atoms with Crippen molar-refractivity contribution in [2.75, 3.05) is 13.2 Å². The van der Waals surface area contributed by atoms with Crippen LogP contribution in [0.5, 0.6) is 11.5 Å². The molecule has 0 bridgehead atoms. The first kappa shape index (κ1) is 20.5. The molecule has 0 aromatic heterocycles. The van der Waals surface area contributed by atoms with Crippen molar-refractivity contribution in [1.29, 1.82) is 0 Å². The Hall–Kier alpha value is -2.57. The molecule has 0 unspecified atom stereocenters. The first-order chi connectivity index (χ1) is 12.0. The fourth-order valence-electron chi connectivity index (χ4n) is 1.94. The van der Waals surface area contributed by atoms with Crippen molar-refractivity contribution in [1.82, 2.24) is 10.7 Å². The SMILES string of the molecule is CCCOc1ccc(C=NNC(=O)CC(=O)NC(C)C)cc1OCC. The second-order valence-corrected chi connectivity index (χ2v) is 5.68. The Kier molecular flexibility index (Phi) is 9.06.